The number of aliphatic hydroxyl groups excluding tert-OH is 2. The Labute approximate surface area is 475 Å². The minimum Gasteiger partial charge on any atom is -0.395 e. The number of nitrogens with zero attached hydrogens (tertiary/aromatic N) is 6. The molecular weight excluding hydrogens is 989 g/mol. The van der Waals surface area contributed by atoms with E-state index in [0.29, 0.717) is 45.6 Å². The Morgan fingerprint density at radius 1 is 0.359 bits per heavy atom. The van der Waals surface area contributed by atoms with Gasteiger partial charge >= 0.3 is 0 Å². The zero-order valence-corrected chi connectivity index (χ0v) is 51.5. The monoisotopic (exact) mass is 1110 g/mol. The number of hydrogen-bond acceptors (Lipinski definition) is 10. The van der Waals surface area contributed by atoms with Gasteiger partial charge in [0, 0.05) is 39.3 Å². The third-order valence-corrected chi connectivity index (χ3v) is 15.7. The molecule has 4 atom stereocenters. The zero-order chi connectivity index (χ0) is 58.7. The molecule has 456 valence electrons. The Morgan fingerprint density at radius 2 is 0.628 bits per heavy atom. The van der Waals surface area contributed by atoms with Crippen LogP contribution in [0, 0.1) is 23.7 Å². The van der Waals surface area contributed by atoms with Crippen LogP contribution >= 0.6 is 0 Å². The van der Waals surface area contributed by atoms with Crippen molar-refractivity contribution in [1.82, 2.24) is 34.7 Å². The number of rotatable bonds is 51. The average molecular weight is 1110 g/mol. The molecule has 0 radical (unpaired) electrons. The van der Waals surface area contributed by atoms with E-state index in [1.165, 1.54) is 4.90 Å². The molecule has 0 fully saturated rings. The highest BCUT2D eigenvalue weighted by molar-refractivity contribution is 5.93. The molecule has 0 rings (SSSR count). The zero-order valence-electron chi connectivity index (χ0n) is 51.5. The molecule has 0 aliphatic heterocycles. The summed E-state index contributed by atoms with van der Waals surface area (Å²) in [4.78, 5) is 110. The molecule has 0 aromatic heterocycles. The average Bonchev–Trinajstić information content (AvgIpc) is 3.43. The van der Waals surface area contributed by atoms with E-state index >= 15 is 9.59 Å². The van der Waals surface area contributed by atoms with E-state index < -0.39 is 11.9 Å². The number of primary amides is 1. The molecule has 17 nitrogen and oxygen atoms in total. The van der Waals surface area contributed by atoms with Crippen molar-refractivity contribution in [3.63, 3.8) is 0 Å². The fourth-order valence-electron chi connectivity index (χ4n) is 10.0. The molecule has 17 heteroatoms. The van der Waals surface area contributed by atoms with Crippen LogP contribution in [0.1, 0.15) is 223 Å². The molecule has 0 aliphatic rings. The summed E-state index contributed by atoms with van der Waals surface area (Å²) in [5.41, 5.74) is 5.65. The van der Waals surface area contributed by atoms with Gasteiger partial charge in [0.2, 0.25) is 41.4 Å². The van der Waals surface area contributed by atoms with Gasteiger partial charge in [-0.15, -0.1) is 0 Å². The third-order valence-electron chi connectivity index (χ3n) is 15.7. The Kier molecular flexibility index (Phi) is 44.6. The van der Waals surface area contributed by atoms with Crippen LogP contribution in [0.2, 0.25) is 0 Å². The quantitative estimate of drug-likeness (QED) is 0.0427. The lowest BCUT2D eigenvalue weighted by molar-refractivity contribution is -0.149. The molecular formula is C61H118N8O9. The van der Waals surface area contributed by atoms with E-state index in [4.69, 9.17) is 5.73 Å². The highest BCUT2D eigenvalue weighted by Gasteiger charge is 2.32. The number of hydrogen-bond donors (Lipinski definition) is 4. The summed E-state index contributed by atoms with van der Waals surface area (Å²) in [7, 11) is 0. The second kappa shape index (κ2) is 46.9. The van der Waals surface area contributed by atoms with Crippen LogP contribution in [-0.2, 0) is 33.6 Å². The fourth-order valence-corrected chi connectivity index (χ4v) is 10.0. The number of amides is 7. The van der Waals surface area contributed by atoms with E-state index in [0.717, 1.165) is 141 Å². The van der Waals surface area contributed by atoms with E-state index in [2.05, 4.69) is 74.6 Å². The number of unbranched alkanes of at least 4 members (excludes halogenated alkanes) is 10. The van der Waals surface area contributed by atoms with E-state index in [1.807, 2.05) is 0 Å². The summed E-state index contributed by atoms with van der Waals surface area (Å²) >= 11 is 0. The molecule has 0 spiro atoms. The van der Waals surface area contributed by atoms with Gasteiger partial charge in [-0.2, -0.15) is 0 Å². The first kappa shape index (κ1) is 74.2. The molecule has 5 N–H and O–H groups in total. The van der Waals surface area contributed by atoms with Crippen LogP contribution in [0.3, 0.4) is 0 Å². The van der Waals surface area contributed by atoms with Gasteiger partial charge in [0.15, 0.2) is 0 Å². The van der Waals surface area contributed by atoms with Gasteiger partial charge in [0.25, 0.3) is 0 Å². The Hall–Kier alpha value is -3.83. The number of nitrogens with two attached hydrogens (primary N) is 1. The minimum absolute atomic E-state index is 0.0862. The number of carbonyl (C=O) groups is 7. The van der Waals surface area contributed by atoms with Crippen LogP contribution in [0.15, 0.2) is 0 Å². The maximum atomic E-state index is 15.1. The fraction of sp³-hybridized carbons (Fsp3) is 0.885. The molecule has 0 saturated heterocycles. The molecule has 0 aliphatic carbocycles. The lowest BCUT2D eigenvalue weighted by Gasteiger charge is -2.35. The first-order valence-electron chi connectivity index (χ1n) is 31.4. The topological polar surface area (TPSA) is 217 Å². The van der Waals surface area contributed by atoms with Gasteiger partial charge in [0.05, 0.1) is 65.1 Å². The number of carbonyl (C=O) groups excluding carboxylic acids is 7. The standard InChI is InChI=1S/C61H118N8O9/c1-11-21-27-29-35-64(42-55(62)72)57(74)44-67(39-51(18-8)32-24-14-4)61(78)47-69(41-53(20-10)34-26-16-6)59(76)43-65(36-30-28-22-12-2)58(75)45-68(40-52(19-9)33-25-15-5)60(77)46-66(38-50(17-7)31-23-13-3)56(73)37-63-54(48-70)49-71/h50-54,63,70-71H,11-49H2,1-10H3,(H2,62,72). The van der Waals surface area contributed by atoms with Gasteiger partial charge in [-0.05, 0) is 62.2 Å². The van der Waals surface area contributed by atoms with Crippen molar-refractivity contribution < 1.29 is 43.8 Å². The number of aliphatic hydroxyl groups is 2. The maximum Gasteiger partial charge on any atom is 0.242 e. The molecule has 78 heavy (non-hydrogen) atoms. The van der Waals surface area contributed by atoms with Crippen molar-refractivity contribution in [2.75, 3.05) is 98.3 Å². The predicted molar refractivity (Wildman–Crippen MR) is 316 cm³/mol. The molecule has 0 heterocycles. The molecule has 0 aromatic rings. The van der Waals surface area contributed by atoms with Crippen molar-refractivity contribution in [3.8, 4) is 0 Å². The second-order valence-corrected chi connectivity index (χ2v) is 22.4. The lowest BCUT2D eigenvalue weighted by atomic mass is 9.98. The van der Waals surface area contributed by atoms with Crippen LogP contribution in [0.5, 0.6) is 0 Å². The molecule has 0 bridgehead atoms. The summed E-state index contributed by atoms with van der Waals surface area (Å²) in [5.74, 6) is -2.37. The summed E-state index contributed by atoms with van der Waals surface area (Å²) in [6.45, 7) is 20.4. The first-order valence-corrected chi connectivity index (χ1v) is 31.4. The highest BCUT2D eigenvalue weighted by Crippen LogP contribution is 2.21. The van der Waals surface area contributed by atoms with Gasteiger partial charge < -0.3 is 50.7 Å². The van der Waals surface area contributed by atoms with E-state index in [9.17, 15) is 34.2 Å². The summed E-state index contributed by atoms with van der Waals surface area (Å²) in [5, 5.41) is 22.4. The van der Waals surface area contributed by atoms with Crippen molar-refractivity contribution in [2.45, 2.75) is 229 Å². The van der Waals surface area contributed by atoms with Crippen LogP contribution < -0.4 is 11.1 Å². The van der Waals surface area contributed by atoms with E-state index in [-0.39, 0.29) is 125 Å². The van der Waals surface area contributed by atoms with Crippen molar-refractivity contribution in [1.29, 1.82) is 0 Å². The Balaban J connectivity index is 7.47. The van der Waals surface area contributed by atoms with Crippen molar-refractivity contribution in [2.24, 2.45) is 29.4 Å². The third kappa shape index (κ3) is 33.0. The smallest absolute Gasteiger partial charge is 0.242 e. The second-order valence-electron chi connectivity index (χ2n) is 22.4. The number of nitrogens with one attached hydrogen (secondary N) is 1. The van der Waals surface area contributed by atoms with Crippen LogP contribution in [0.25, 0.3) is 0 Å². The molecule has 4 unspecified atom stereocenters. The lowest BCUT2D eigenvalue weighted by Crippen LogP contribution is -2.53. The van der Waals surface area contributed by atoms with Crippen LogP contribution in [0.4, 0.5) is 0 Å². The minimum atomic E-state index is -0.696. The van der Waals surface area contributed by atoms with Crippen molar-refractivity contribution >= 4 is 41.4 Å². The molecule has 0 aromatic carbocycles. The summed E-state index contributed by atoms with van der Waals surface area (Å²) in [6.07, 6.45) is 21.4. The van der Waals surface area contributed by atoms with E-state index in [1.54, 1.807) is 24.5 Å². The van der Waals surface area contributed by atoms with Gasteiger partial charge in [-0.25, -0.2) is 0 Å². The molecule has 0 saturated carbocycles. The highest BCUT2D eigenvalue weighted by atomic mass is 16.3. The largest absolute Gasteiger partial charge is 0.395 e. The first-order chi connectivity index (χ1) is 37.5. The van der Waals surface area contributed by atoms with Gasteiger partial charge in [-0.1, -0.05) is 185 Å². The Bertz CT molecular complexity index is 1620. The summed E-state index contributed by atoms with van der Waals surface area (Å²) < 4.78 is 0. The SMILES string of the molecule is CCCCCCN(CC(N)=O)C(=O)CN(CC(CC)CCCC)C(=O)CN(CC(CC)CCCC)C(=O)CN(CCCCCC)C(=O)CN(CC(CC)CCCC)C(=O)CN(CC(CC)CCCC)C(=O)CNC(CO)CO. The Morgan fingerprint density at radius 3 is 0.897 bits per heavy atom. The molecule has 7 amide bonds. The van der Waals surface area contributed by atoms with Gasteiger partial charge in [-0.3, -0.25) is 33.6 Å². The maximum absolute atomic E-state index is 15.1. The summed E-state index contributed by atoms with van der Waals surface area (Å²) in [6, 6.07) is -0.696. The normalized spacial score (nSPS) is 12.9. The predicted octanol–water partition coefficient (Wildman–Crippen LogP) is 8.41. The van der Waals surface area contributed by atoms with Gasteiger partial charge in [0.1, 0.15) is 0 Å². The van der Waals surface area contributed by atoms with Crippen molar-refractivity contribution in [3.05, 3.63) is 0 Å². The van der Waals surface area contributed by atoms with Crippen LogP contribution in [-0.4, -0.2) is 185 Å².